The lowest BCUT2D eigenvalue weighted by Gasteiger charge is -2.37. The molecule has 2 unspecified atom stereocenters. The van der Waals surface area contributed by atoms with Crippen LogP contribution in [0, 0.1) is 5.82 Å². The van der Waals surface area contributed by atoms with Crippen molar-refractivity contribution in [1.29, 1.82) is 0 Å². The number of rotatable bonds is 3. The number of benzene rings is 1. The fourth-order valence-electron chi connectivity index (χ4n) is 2.41. The number of fused-ring (bicyclic) bond motifs is 1. The number of hydrogen-bond acceptors (Lipinski definition) is 3. The lowest BCUT2D eigenvalue weighted by atomic mass is 9.96. The molecular formula is C13H18FNO2. The molecule has 0 fully saturated rings. The highest BCUT2D eigenvalue weighted by atomic mass is 19.1. The molecule has 0 amide bonds. The fraction of sp³-hybridized carbons (Fsp3) is 0.538. The van der Waals surface area contributed by atoms with Gasteiger partial charge in [0.2, 0.25) is 0 Å². The standard InChI is InChI=1S/C13H18FNO2/c1-3-15(4-2)13-10-7-9(14)5-6-12(10)17-8-11(13)16/h5-7,11,13,16H,3-4,8H2,1-2H3. The minimum absolute atomic E-state index is 0.176. The van der Waals surface area contributed by atoms with Crippen LogP contribution in [0.15, 0.2) is 18.2 Å². The topological polar surface area (TPSA) is 32.7 Å². The quantitative estimate of drug-likeness (QED) is 0.875. The fourth-order valence-corrected chi connectivity index (χ4v) is 2.41. The third kappa shape index (κ3) is 2.28. The highest BCUT2D eigenvalue weighted by Gasteiger charge is 2.33. The summed E-state index contributed by atoms with van der Waals surface area (Å²) in [6.45, 7) is 5.96. The summed E-state index contributed by atoms with van der Waals surface area (Å²) in [5.74, 6) is 0.382. The Balaban J connectivity index is 2.41. The van der Waals surface area contributed by atoms with Gasteiger partial charge in [-0.25, -0.2) is 4.39 Å². The summed E-state index contributed by atoms with van der Waals surface area (Å²) in [4.78, 5) is 2.12. The number of aliphatic hydroxyl groups is 1. The Morgan fingerprint density at radius 1 is 1.41 bits per heavy atom. The normalized spacial score (nSPS) is 23.4. The van der Waals surface area contributed by atoms with Crippen molar-refractivity contribution in [3.8, 4) is 5.75 Å². The summed E-state index contributed by atoms with van der Waals surface area (Å²) in [5.41, 5.74) is 0.743. The van der Waals surface area contributed by atoms with Gasteiger partial charge in [-0.3, -0.25) is 4.90 Å². The molecule has 1 aliphatic rings. The number of hydrogen-bond donors (Lipinski definition) is 1. The van der Waals surface area contributed by atoms with Gasteiger partial charge >= 0.3 is 0 Å². The van der Waals surface area contributed by atoms with Crippen LogP contribution in [-0.4, -0.2) is 35.8 Å². The van der Waals surface area contributed by atoms with Crippen molar-refractivity contribution in [2.75, 3.05) is 19.7 Å². The van der Waals surface area contributed by atoms with Crippen LogP contribution >= 0.6 is 0 Å². The minimum Gasteiger partial charge on any atom is -0.490 e. The molecular weight excluding hydrogens is 221 g/mol. The second-order valence-electron chi connectivity index (χ2n) is 4.23. The SMILES string of the molecule is CCN(CC)C1c2cc(F)ccc2OCC1O. The maximum atomic E-state index is 13.3. The van der Waals surface area contributed by atoms with E-state index >= 15 is 0 Å². The molecule has 0 saturated heterocycles. The highest BCUT2D eigenvalue weighted by molar-refractivity contribution is 5.39. The minimum atomic E-state index is -0.607. The zero-order valence-electron chi connectivity index (χ0n) is 10.2. The van der Waals surface area contributed by atoms with Crippen LogP contribution in [0.4, 0.5) is 4.39 Å². The van der Waals surface area contributed by atoms with E-state index in [1.807, 2.05) is 13.8 Å². The van der Waals surface area contributed by atoms with Gasteiger partial charge in [-0.1, -0.05) is 13.8 Å². The first-order valence-electron chi connectivity index (χ1n) is 6.01. The zero-order valence-corrected chi connectivity index (χ0v) is 10.2. The van der Waals surface area contributed by atoms with E-state index in [0.717, 1.165) is 18.7 Å². The second-order valence-corrected chi connectivity index (χ2v) is 4.23. The molecule has 3 nitrogen and oxygen atoms in total. The van der Waals surface area contributed by atoms with Crippen LogP contribution in [0.25, 0.3) is 0 Å². The van der Waals surface area contributed by atoms with E-state index < -0.39 is 6.10 Å². The van der Waals surface area contributed by atoms with Crippen molar-refractivity contribution < 1.29 is 14.2 Å². The molecule has 94 valence electrons. The molecule has 0 bridgehead atoms. The molecule has 1 aromatic rings. The van der Waals surface area contributed by atoms with E-state index in [1.54, 1.807) is 6.07 Å². The van der Waals surface area contributed by atoms with Crippen LogP contribution in [-0.2, 0) is 0 Å². The lowest BCUT2D eigenvalue weighted by Crippen LogP contribution is -2.42. The molecule has 1 aliphatic heterocycles. The Kier molecular flexibility index (Phi) is 3.64. The van der Waals surface area contributed by atoms with Crippen molar-refractivity contribution in [2.45, 2.75) is 26.0 Å². The number of likely N-dealkylation sites (N-methyl/N-ethyl adjacent to an activating group) is 1. The summed E-state index contributed by atoms with van der Waals surface area (Å²) < 4.78 is 18.7. The molecule has 0 aliphatic carbocycles. The number of ether oxygens (including phenoxy) is 1. The van der Waals surface area contributed by atoms with Crippen LogP contribution in [0.5, 0.6) is 5.75 Å². The first kappa shape index (κ1) is 12.3. The third-order valence-corrected chi connectivity index (χ3v) is 3.27. The number of aliphatic hydroxyl groups excluding tert-OH is 1. The molecule has 0 aromatic heterocycles. The van der Waals surface area contributed by atoms with E-state index in [0.29, 0.717) is 5.75 Å². The average molecular weight is 239 g/mol. The van der Waals surface area contributed by atoms with Gasteiger partial charge in [0.1, 0.15) is 24.3 Å². The number of halogens is 1. The van der Waals surface area contributed by atoms with Crippen LogP contribution in [0.3, 0.4) is 0 Å². The Morgan fingerprint density at radius 3 is 2.76 bits per heavy atom. The molecule has 0 spiro atoms. The highest BCUT2D eigenvalue weighted by Crippen LogP contribution is 2.36. The maximum absolute atomic E-state index is 13.3. The van der Waals surface area contributed by atoms with Crippen LogP contribution in [0.1, 0.15) is 25.5 Å². The molecule has 4 heteroatoms. The summed E-state index contributed by atoms with van der Waals surface area (Å²) in [6.07, 6.45) is -0.607. The van der Waals surface area contributed by atoms with Crippen molar-refractivity contribution in [1.82, 2.24) is 4.90 Å². The first-order chi connectivity index (χ1) is 8.17. The Hall–Kier alpha value is -1.13. The number of nitrogens with zero attached hydrogens (tertiary/aromatic N) is 1. The second kappa shape index (κ2) is 5.02. The summed E-state index contributed by atoms with van der Waals surface area (Å²) in [6, 6.07) is 4.30. The van der Waals surface area contributed by atoms with Gasteiger partial charge in [0.15, 0.2) is 0 Å². The van der Waals surface area contributed by atoms with Crippen molar-refractivity contribution in [3.63, 3.8) is 0 Å². The largest absolute Gasteiger partial charge is 0.490 e. The lowest BCUT2D eigenvalue weighted by molar-refractivity contribution is 0.00347. The zero-order chi connectivity index (χ0) is 12.4. The van der Waals surface area contributed by atoms with Crippen LogP contribution in [0.2, 0.25) is 0 Å². The average Bonchev–Trinajstić information content (AvgIpc) is 2.33. The van der Waals surface area contributed by atoms with Gasteiger partial charge in [0.25, 0.3) is 0 Å². The molecule has 1 heterocycles. The van der Waals surface area contributed by atoms with Crippen LogP contribution < -0.4 is 4.74 Å². The molecule has 2 atom stereocenters. The van der Waals surface area contributed by atoms with Gasteiger partial charge in [-0.05, 0) is 31.3 Å². The van der Waals surface area contributed by atoms with Crippen molar-refractivity contribution in [2.24, 2.45) is 0 Å². The Bertz CT molecular complexity index is 393. The molecule has 17 heavy (non-hydrogen) atoms. The molecule has 1 aromatic carbocycles. The predicted octanol–water partition coefficient (Wildman–Crippen LogP) is 1.96. The molecule has 1 N–H and O–H groups in total. The third-order valence-electron chi connectivity index (χ3n) is 3.27. The van der Waals surface area contributed by atoms with E-state index in [-0.39, 0.29) is 18.5 Å². The Labute approximate surface area is 101 Å². The summed E-state index contributed by atoms with van der Waals surface area (Å²) in [7, 11) is 0. The van der Waals surface area contributed by atoms with E-state index in [4.69, 9.17) is 4.74 Å². The van der Waals surface area contributed by atoms with E-state index in [9.17, 15) is 9.50 Å². The van der Waals surface area contributed by atoms with Gasteiger partial charge in [0.05, 0.1) is 6.04 Å². The predicted molar refractivity (Wildman–Crippen MR) is 63.6 cm³/mol. The Morgan fingerprint density at radius 2 is 2.12 bits per heavy atom. The molecule has 2 rings (SSSR count). The maximum Gasteiger partial charge on any atom is 0.124 e. The summed E-state index contributed by atoms with van der Waals surface area (Å²) >= 11 is 0. The molecule has 0 radical (unpaired) electrons. The van der Waals surface area contributed by atoms with Gasteiger partial charge in [-0.2, -0.15) is 0 Å². The smallest absolute Gasteiger partial charge is 0.124 e. The van der Waals surface area contributed by atoms with Gasteiger partial charge in [0, 0.05) is 5.56 Å². The first-order valence-corrected chi connectivity index (χ1v) is 6.01. The summed E-state index contributed by atoms with van der Waals surface area (Å²) in [5, 5.41) is 10.1. The monoisotopic (exact) mass is 239 g/mol. The van der Waals surface area contributed by atoms with Gasteiger partial charge in [-0.15, -0.1) is 0 Å². The van der Waals surface area contributed by atoms with Crippen molar-refractivity contribution >= 4 is 0 Å². The van der Waals surface area contributed by atoms with E-state index in [2.05, 4.69) is 4.90 Å². The molecule has 0 saturated carbocycles. The van der Waals surface area contributed by atoms with E-state index in [1.165, 1.54) is 12.1 Å². The van der Waals surface area contributed by atoms with Gasteiger partial charge < -0.3 is 9.84 Å². The van der Waals surface area contributed by atoms with Crippen molar-refractivity contribution in [3.05, 3.63) is 29.6 Å².